The van der Waals surface area contributed by atoms with Gasteiger partial charge in [-0.3, -0.25) is 4.79 Å². The molecule has 0 fully saturated rings. The first kappa shape index (κ1) is 22.0. The van der Waals surface area contributed by atoms with Crippen molar-refractivity contribution in [2.75, 3.05) is 11.9 Å². The van der Waals surface area contributed by atoms with Crippen LogP contribution in [0.15, 0.2) is 54.6 Å². The molecule has 0 aromatic heterocycles. The quantitative estimate of drug-likeness (QED) is 0.434. The van der Waals surface area contributed by atoms with Gasteiger partial charge in [0.15, 0.2) is 0 Å². The van der Waals surface area contributed by atoms with Crippen molar-refractivity contribution in [1.29, 1.82) is 0 Å². The molecule has 0 bridgehead atoms. The molecule has 0 saturated carbocycles. The van der Waals surface area contributed by atoms with Gasteiger partial charge in [-0.25, -0.2) is 0 Å². The van der Waals surface area contributed by atoms with E-state index < -0.39 is 0 Å². The van der Waals surface area contributed by atoms with Crippen LogP contribution in [0.5, 0.6) is 11.5 Å². The molecular weight excluding hydrogens is 421 g/mol. The van der Waals surface area contributed by atoms with Crippen molar-refractivity contribution in [3.05, 3.63) is 86.9 Å². The van der Waals surface area contributed by atoms with Crippen LogP contribution in [0.4, 0.5) is 5.69 Å². The van der Waals surface area contributed by atoms with E-state index in [1.807, 2.05) is 32.0 Å². The van der Waals surface area contributed by atoms with E-state index in [0.717, 1.165) is 16.9 Å². The molecule has 0 atom stereocenters. The van der Waals surface area contributed by atoms with Gasteiger partial charge in [-0.1, -0.05) is 29.3 Å². The molecule has 0 saturated heterocycles. The summed E-state index contributed by atoms with van der Waals surface area (Å²) in [7, 11) is 0. The summed E-state index contributed by atoms with van der Waals surface area (Å²) < 4.78 is 11.7. The Balaban J connectivity index is 1.79. The molecule has 3 aromatic carbocycles. The third-order valence-electron chi connectivity index (χ3n) is 4.67. The van der Waals surface area contributed by atoms with E-state index in [1.54, 1.807) is 36.4 Å². The van der Waals surface area contributed by atoms with Gasteiger partial charge in [0.25, 0.3) is 5.91 Å². The van der Waals surface area contributed by atoms with E-state index in [-0.39, 0.29) is 12.5 Å². The second-order valence-electron chi connectivity index (χ2n) is 6.87. The molecule has 0 aliphatic rings. The Morgan fingerprint density at radius 3 is 2.40 bits per heavy atom. The van der Waals surface area contributed by atoms with Gasteiger partial charge in [0.1, 0.15) is 18.1 Å². The molecule has 0 radical (unpaired) electrons. The number of rotatable bonds is 7. The van der Waals surface area contributed by atoms with E-state index in [0.29, 0.717) is 33.7 Å². The Bertz CT molecular complexity index is 1070. The van der Waals surface area contributed by atoms with Crippen LogP contribution in [0, 0.1) is 13.8 Å². The van der Waals surface area contributed by atoms with Gasteiger partial charge < -0.3 is 14.8 Å². The van der Waals surface area contributed by atoms with Crippen molar-refractivity contribution in [3.8, 4) is 11.5 Å². The van der Waals surface area contributed by atoms with Gasteiger partial charge in [0, 0.05) is 16.8 Å². The average molecular weight is 444 g/mol. The van der Waals surface area contributed by atoms with Gasteiger partial charge >= 0.3 is 0 Å². The van der Waals surface area contributed by atoms with Crippen LogP contribution >= 0.6 is 23.2 Å². The monoisotopic (exact) mass is 443 g/mol. The molecule has 0 unspecified atom stereocenters. The molecule has 3 aromatic rings. The molecule has 0 aliphatic carbocycles. The SMILES string of the molecule is CCOc1ccc(C(=O)Nc2ccc(Cl)c(Cl)c2)cc1COc1ccc(C)c(C)c1. The third-order valence-corrected chi connectivity index (χ3v) is 5.41. The lowest BCUT2D eigenvalue weighted by atomic mass is 10.1. The largest absolute Gasteiger partial charge is 0.493 e. The Labute approximate surface area is 186 Å². The number of ether oxygens (including phenoxy) is 2. The lowest BCUT2D eigenvalue weighted by molar-refractivity contribution is 0.102. The maximum absolute atomic E-state index is 12.7. The number of carbonyl (C=O) groups is 1. The van der Waals surface area contributed by atoms with Gasteiger partial charge in [-0.15, -0.1) is 0 Å². The summed E-state index contributed by atoms with van der Waals surface area (Å²) in [5.41, 5.74) is 4.21. The van der Waals surface area contributed by atoms with Crippen LogP contribution in [0.3, 0.4) is 0 Å². The fourth-order valence-electron chi connectivity index (χ4n) is 2.87. The minimum absolute atomic E-state index is 0.260. The summed E-state index contributed by atoms with van der Waals surface area (Å²) >= 11 is 12.0. The van der Waals surface area contributed by atoms with Crippen LogP contribution in [0.25, 0.3) is 0 Å². The summed E-state index contributed by atoms with van der Waals surface area (Å²) in [4.78, 5) is 12.7. The molecule has 3 rings (SSSR count). The lowest BCUT2D eigenvalue weighted by Gasteiger charge is -2.14. The van der Waals surface area contributed by atoms with Crippen molar-refractivity contribution >= 4 is 34.8 Å². The van der Waals surface area contributed by atoms with Gasteiger partial charge in [-0.2, -0.15) is 0 Å². The number of anilines is 1. The molecule has 1 amide bonds. The first-order chi connectivity index (χ1) is 14.4. The predicted molar refractivity (Wildman–Crippen MR) is 122 cm³/mol. The highest BCUT2D eigenvalue weighted by molar-refractivity contribution is 6.42. The predicted octanol–water partition coefficient (Wildman–Crippen LogP) is 6.84. The molecule has 6 heteroatoms. The topological polar surface area (TPSA) is 47.6 Å². The highest BCUT2D eigenvalue weighted by Gasteiger charge is 2.13. The van der Waals surface area contributed by atoms with E-state index >= 15 is 0 Å². The fourth-order valence-corrected chi connectivity index (χ4v) is 3.17. The zero-order chi connectivity index (χ0) is 21.7. The van der Waals surface area contributed by atoms with Crippen molar-refractivity contribution in [2.24, 2.45) is 0 Å². The second-order valence-corrected chi connectivity index (χ2v) is 7.69. The number of hydrogen-bond donors (Lipinski definition) is 1. The standard InChI is InChI=1S/C24H23Cl2NO3/c1-4-29-23-10-6-17(24(28)27-19-7-9-21(25)22(26)13-19)12-18(23)14-30-20-8-5-15(2)16(3)11-20/h5-13H,4,14H2,1-3H3,(H,27,28). The van der Waals surface area contributed by atoms with Crippen molar-refractivity contribution in [3.63, 3.8) is 0 Å². The van der Waals surface area contributed by atoms with Crippen LogP contribution in [-0.4, -0.2) is 12.5 Å². The number of benzene rings is 3. The van der Waals surface area contributed by atoms with Crippen LogP contribution in [0.2, 0.25) is 10.0 Å². The van der Waals surface area contributed by atoms with Crippen molar-refractivity contribution in [2.45, 2.75) is 27.4 Å². The molecule has 1 N–H and O–H groups in total. The minimum atomic E-state index is -0.260. The first-order valence-corrected chi connectivity index (χ1v) is 10.3. The van der Waals surface area contributed by atoms with E-state index in [9.17, 15) is 4.79 Å². The van der Waals surface area contributed by atoms with Crippen LogP contribution < -0.4 is 14.8 Å². The Morgan fingerprint density at radius 2 is 1.70 bits per heavy atom. The molecule has 30 heavy (non-hydrogen) atoms. The number of halogens is 2. The average Bonchev–Trinajstić information content (AvgIpc) is 2.72. The normalized spacial score (nSPS) is 10.6. The number of aryl methyl sites for hydroxylation is 2. The molecule has 0 aliphatic heterocycles. The number of hydrogen-bond acceptors (Lipinski definition) is 3. The fraction of sp³-hybridized carbons (Fsp3) is 0.208. The third kappa shape index (κ3) is 5.47. The van der Waals surface area contributed by atoms with E-state index in [4.69, 9.17) is 32.7 Å². The molecular formula is C24H23Cl2NO3. The van der Waals surface area contributed by atoms with Crippen LogP contribution in [0.1, 0.15) is 34.0 Å². The van der Waals surface area contributed by atoms with Gasteiger partial charge in [0.05, 0.1) is 16.7 Å². The zero-order valence-corrected chi connectivity index (χ0v) is 18.6. The van der Waals surface area contributed by atoms with E-state index in [2.05, 4.69) is 12.2 Å². The second kappa shape index (κ2) is 9.88. The maximum Gasteiger partial charge on any atom is 0.255 e. The molecule has 4 nitrogen and oxygen atoms in total. The van der Waals surface area contributed by atoms with Crippen molar-refractivity contribution in [1.82, 2.24) is 0 Å². The molecule has 0 spiro atoms. The summed E-state index contributed by atoms with van der Waals surface area (Å²) in [5.74, 6) is 1.20. The van der Waals surface area contributed by atoms with Gasteiger partial charge in [-0.05, 0) is 80.4 Å². The summed E-state index contributed by atoms with van der Waals surface area (Å²) in [5, 5.41) is 3.64. The maximum atomic E-state index is 12.7. The lowest BCUT2D eigenvalue weighted by Crippen LogP contribution is -2.13. The first-order valence-electron chi connectivity index (χ1n) is 9.59. The number of carbonyl (C=O) groups excluding carboxylic acids is 1. The zero-order valence-electron chi connectivity index (χ0n) is 17.1. The number of amides is 1. The highest BCUT2D eigenvalue weighted by Crippen LogP contribution is 2.27. The molecule has 156 valence electrons. The number of nitrogens with one attached hydrogen (secondary N) is 1. The molecule has 0 heterocycles. The summed E-state index contributed by atoms with van der Waals surface area (Å²) in [6, 6.07) is 16.2. The highest BCUT2D eigenvalue weighted by atomic mass is 35.5. The smallest absolute Gasteiger partial charge is 0.255 e. The minimum Gasteiger partial charge on any atom is -0.493 e. The summed E-state index contributed by atoms with van der Waals surface area (Å²) in [6.45, 7) is 6.82. The van der Waals surface area contributed by atoms with Crippen molar-refractivity contribution < 1.29 is 14.3 Å². The van der Waals surface area contributed by atoms with E-state index in [1.165, 1.54) is 5.56 Å². The Kier molecular flexibility index (Phi) is 7.24. The Morgan fingerprint density at radius 1 is 0.900 bits per heavy atom. The van der Waals surface area contributed by atoms with Gasteiger partial charge in [0.2, 0.25) is 0 Å². The van der Waals surface area contributed by atoms with Crippen LogP contribution in [-0.2, 0) is 6.61 Å². The summed E-state index contributed by atoms with van der Waals surface area (Å²) in [6.07, 6.45) is 0. The Hall–Kier alpha value is -2.69.